The Kier molecular flexibility index (Phi) is 2.37. The van der Waals surface area contributed by atoms with Gasteiger partial charge < -0.3 is 4.40 Å². The maximum absolute atomic E-state index is 5.01. The van der Waals surface area contributed by atoms with Gasteiger partial charge in [0.25, 0.3) is 0 Å². The van der Waals surface area contributed by atoms with E-state index in [0.29, 0.717) is 0 Å². The van der Waals surface area contributed by atoms with E-state index in [1.54, 1.807) is 0 Å². The molecule has 3 aromatic heterocycles. The van der Waals surface area contributed by atoms with Gasteiger partial charge in [0.15, 0.2) is 0 Å². The molecule has 6 rings (SSSR count). The molecule has 0 radical (unpaired) electrons. The number of para-hydroxylation sites is 3. The first kappa shape index (κ1) is 13.0. The van der Waals surface area contributed by atoms with Crippen molar-refractivity contribution in [3.63, 3.8) is 0 Å². The van der Waals surface area contributed by atoms with E-state index in [2.05, 4.69) is 83.3 Å². The van der Waals surface area contributed by atoms with E-state index in [1.807, 2.05) is 6.07 Å². The Morgan fingerprint density at radius 2 is 1.28 bits per heavy atom. The van der Waals surface area contributed by atoms with Crippen LogP contribution in [-0.2, 0) is 0 Å². The predicted molar refractivity (Wildman–Crippen MR) is 105 cm³/mol. The zero-order valence-corrected chi connectivity index (χ0v) is 13.5. The molecule has 0 amide bonds. The summed E-state index contributed by atoms with van der Waals surface area (Å²) in [6, 6.07) is 30.0. The average molecular weight is 318 g/mol. The number of rotatable bonds is 0. The van der Waals surface area contributed by atoms with Gasteiger partial charge in [-0.1, -0.05) is 54.6 Å². The minimum atomic E-state index is 1.04. The average Bonchev–Trinajstić information content (AvgIpc) is 3.07. The molecule has 0 bridgehead atoms. The van der Waals surface area contributed by atoms with E-state index in [1.165, 1.54) is 38.1 Å². The predicted octanol–water partition coefficient (Wildman–Crippen LogP) is 5.95. The van der Waals surface area contributed by atoms with Crippen molar-refractivity contribution in [2.24, 2.45) is 0 Å². The molecule has 0 saturated carbocycles. The third kappa shape index (κ3) is 1.66. The summed E-state index contributed by atoms with van der Waals surface area (Å²) in [5.74, 6) is 0. The van der Waals surface area contributed by atoms with Crippen LogP contribution in [0.3, 0.4) is 0 Å². The van der Waals surface area contributed by atoms with Crippen LogP contribution >= 0.6 is 0 Å². The van der Waals surface area contributed by atoms with Crippen LogP contribution in [0.5, 0.6) is 0 Å². The van der Waals surface area contributed by atoms with Gasteiger partial charge in [-0.05, 0) is 30.3 Å². The van der Waals surface area contributed by atoms with Crippen LogP contribution in [0.15, 0.2) is 84.9 Å². The Labute approximate surface area is 143 Å². The molecule has 6 aromatic rings. The largest absolute Gasteiger partial charge is 0.309 e. The quantitative estimate of drug-likeness (QED) is 0.250. The van der Waals surface area contributed by atoms with Gasteiger partial charge in [-0.2, -0.15) is 0 Å². The van der Waals surface area contributed by atoms with Crippen LogP contribution in [-0.4, -0.2) is 9.38 Å². The van der Waals surface area contributed by atoms with E-state index >= 15 is 0 Å². The maximum Gasteiger partial charge on any atom is 0.0824 e. The smallest absolute Gasteiger partial charge is 0.0824 e. The van der Waals surface area contributed by atoms with Crippen molar-refractivity contribution in [1.29, 1.82) is 0 Å². The Morgan fingerprint density at radius 3 is 2.20 bits per heavy atom. The fourth-order valence-corrected chi connectivity index (χ4v) is 4.00. The lowest BCUT2D eigenvalue weighted by Gasteiger charge is -2.10. The van der Waals surface area contributed by atoms with Crippen LogP contribution in [0, 0.1) is 0 Å². The van der Waals surface area contributed by atoms with Gasteiger partial charge >= 0.3 is 0 Å². The molecule has 0 atom stereocenters. The van der Waals surface area contributed by atoms with Gasteiger partial charge in [-0.3, -0.25) is 0 Å². The number of aromatic nitrogens is 2. The topological polar surface area (TPSA) is 17.3 Å². The summed E-state index contributed by atoms with van der Waals surface area (Å²) in [7, 11) is 0. The maximum atomic E-state index is 5.01. The summed E-state index contributed by atoms with van der Waals surface area (Å²) in [5, 5.41) is 4.83. The molecule has 0 saturated heterocycles. The van der Waals surface area contributed by atoms with Gasteiger partial charge in [-0.15, -0.1) is 0 Å². The summed E-state index contributed by atoms with van der Waals surface area (Å²) in [5.41, 5.74) is 5.77. The monoisotopic (exact) mass is 318 g/mol. The second-order valence-corrected chi connectivity index (χ2v) is 6.52. The van der Waals surface area contributed by atoms with Gasteiger partial charge in [0, 0.05) is 21.5 Å². The lowest BCUT2D eigenvalue weighted by Crippen LogP contribution is -1.92. The van der Waals surface area contributed by atoms with E-state index < -0.39 is 0 Å². The highest BCUT2D eigenvalue weighted by atomic mass is 14.9. The third-order valence-electron chi connectivity index (χ3n) is 5.11. The Hall–Kier alpha value is -3.39. The molecule has 0 aliphatic carbocycles. The number of nitrogens with zero attached hydrogens (tertiary/aromatic N) is 2. The number of benzene rings is 3. The molecule has 0 aliphatic heterocycles. The number of hydrogen-bond acceptors (Lipinski definition) is 1. The van der Waals surface area contributed by atoms with Crippen molar-refractivity contribution in [1.82, 2.24) is 9.38 Å². The molecule has 0 unspecified atom stereocenters. The van der Waals surface area contributed by atoms with Gasteiger partial charge in [0.05, 0.1) is 27.6 Å². The standard InChI is InChI=1S/C23H14N2/c1-4-10-19-15(7-1)13-18-22-14-16-8-2-5-11-20(16)25(22)21-12-6-3-9-17(21)23(18)24-19/h1-14H. The van der Waals surface area contributed by atoms with Crippen LogP contribution in [0.25, 0.3) is 49.1 Å². The lowest BCUT2D eigenvalue weighted by molar-refractivity contribution is 1.34. The highest BCUT2D eigenvalue weighted by Gasteiger charge is 2.13. The molecule has 116 valence electrons. The van der Waals surface area contributed by atoms with Crippen molar-refractivity contribution in [2.45, 2.75) is 0 Å². The zero-order valence-electron chi connectivity index (χ0n) is 13.5. The Morgan fingerprint density at radius 1 is 0.560 bits per heavy atom. The van der Waals surface area contributed by atoms with Crippen molar-refractivity contribution < 1.29 is 0 Å². The minimum absolute atomic E-state index is 1.04. The first-order valence-corrected chi connectivity index (χ1v) is 8.50. The summed E-state index contributed by atoms with van der Waals surface area (Å²) in [4.78, 5) is 5.01. The van der Waals surface area contributed by atoms with Crippen LogP contribution in [0.2, 0.25) is 0 Å². The normalized spacial score (nSPS) is 12.0. The Balaban J connectivity index is 2.01. The summed E-state index contributed by atoms with van der Waals surface area (Å²) < 4.78 is 2.36. The first-order valence-electron chi connectivity index (χ1n) is 8.50. The number of pyridine rings is 2. The molecular formula is C23H14N2. The molecule has 2 heteroatoms. The van der Waals surface area contributed by atoms with E-state index in [-0.39, 0.29) is 0 Å². The van der Waals surface area contributed by atoms with Gasteiger partial charge in [-0.25, -0.2) is 4.98 Å². The van der Waals surface area contributed by atoms with Gasteiger partial charge in [0.1, 0.15) is 0 Å². The summed E-state index contributed by atoms with van der Waals surface area (Å²) >= 11 is 0. The highest BCUT2D eigenvalue weighted by molar-refractivity contribution is 6.16. The van der Waals surface area contributed by atoms with E-state index in [0.717, 1.165) is 11.0 Å². The molecule has 3 aromatic carbocycles. The van der Waals surface area contributed by atoms with Crippen molar-refractivity contribution in [3.8, 4) is 0 Å². The molecule has 2 nitrogen and oxygen atoms in total. The van der Waals surface area contributed by atoms with Gasteiger partial charge in [0.2, 0.25) is 0 Å². The highest BCUT2D eigenvalue weighted by Crippen LogP contribution is 2.34. The van der Waals surface area contributed by atoms with Crippen molar-refractivity contribution >= 4 is 49.1 Å². The fourth-order valence-electron chi connectivity index (χ4n) is 4.00. The minimum Gasteiger partial charge on any atom is -0.309 e. The van der Waals surface area contributed by atoms with Crippen molar-refractivity contribution in [3.05, 3.63) is 84.9 Å². The van der Waals surface area contributed by atoms with E-state index in [9.17, 15) is 0 Å². The third-order valence-corrected chi connectivity index (χ3v) is 5.11. The molecule has 0 spiro atoms. The van der Waals surface area contributed by atoms with Crippen LogP contribution in [0.1, 0.15) is 0 Å². The second kappa shape index (κ2) is 4.58. The number of fused-ring (bicyclic) bond motifs is 9. The van der Waals surface area contributed by atoms with E-state index in [4.69, 9.17) is 4.98 Å². The number of hydrogen-bond donors (Lipinski definition) is 0. The van der Waals surface area contributed by atoms with Crippen LogP contribution in [0.4, 0.5) is 0 Å². The molecule has 0 fully saturated rings. The first-order chi connectivity index (χ1) is 12.4. The lowest BCUT2D eigenvalue weighted by atomic mass is 10.1. The molecular weight excluding hydrogens is 304 g/mol. The second-order valence-electron chi connectivity index (χ2n) is 6.52. The molecule has 25 heavy (non-hydrogen) atoms. The molecule has 3 heterocycles. The summed E-state index contributed by atoms with van der Waals surface area (Å²) in [6.07, 6.45) is 0. The Bertz CT molecular complexity index is 1440. The fraction of sp³-hybridized carbons (Fsp3) is 0. The van der Waals surface area contributed by atoms with Crippen LogP contribution < -0.4 is 0 Å². The van der Waals surface area contributed by atoms with Crippen molar-refractivity contribution in [2.75, 3.05) is 0 Å². The molecule has 0 aliphatic rings. The molecule has 0 N–H and O–H groups in total. The zero-order chi connectivity index (χ0) is 16.4. The summed E-state index contributed by atoms with van der Waals surface area (Å²) in [6.45, 7) is 0. The SMILES string of the molecule is c1ccc2nc3c4ccccc4n4c5ccccc5cc4c3cc2c1.